The van der Waals surface area contributed by atoms with Crippen molar-refractivity contribution in [1.29, 1.82) is 0 Å². The smallest absolute Gasteiger partial charge is 0.0551 e. The molecule has 1 nitrogen and oxygen atoms in total. The molecule has 0 aliphatic carbocycles. The van der Waals surface area contributed by atoms with Crippen molar-refractivity contribution in [3.05, 3.63) is 49.2 Å². The molecule has 0 rings (SSSR count). The van der Waals surface area contributed by atoms with Crippen LogP contribution in [0.2, 0.25) is 0 Å². The standard InChI is InChI=1S/C11H15N/c1-4-6-7-8-9-10-12-11(3)5-2/h4-6,8-10H,2-3,7H2,1H3/b6-4-,9-8-,12-10-. The highest BCUT2D eigenvalue weighted by Crippen LogP contribution is 1.90. The van der Waals surface area contributed by atoms with Crippen molar-refractivity contribution >= 4 is 6.21 Å². The van der Waals surface area contributed by atoms with Gasteiger partial charge in [0.05, 0.1) is 5.70 Å². The fourth-order valence-electron chi connectivity index (χ4n) is 0.546. The first kappa shape index (κ1) is 10.6. The molecule has 12 heavy (non-hydrogen) atoms. The molecule has 0 spiro atoms. The Balaban J connectivity index is 3.66. The molecule has 64 valence electrons. The molecule has 0 aromatic heterocycles. The van der Waals surface area contributed by atoms with E-state index in [0.717, 1.165) is 6.42 Å². The van der Waals surface area contributed by atoms with E-state index in [9.17, 15) is 0 Å². The van der Waals surface area contributed by atoms with Gasteiger partial charge in [0.1, 0.15) is 0 Å². The van der Waals surface area contributed by atoms with E-state index in [1.165, 1.54) is 0 Å². The number of hydrogen-bond donors (Lipinski definition) is 0. The van der Waals surface area contributed by atoms with Gasteiger partial charge in [0.2, 0.25) is 0 Å². The number of aliphatic imine (C=N–C) groups is 1. The van der Waals surface area contributed by atoms with Crippen molar-refractivity contribution in [2.75, 3.05) is 0 Å². The Kier molecular flexibility index (Phi) is 6.85. The van der Waals surface area contributed by atoms with Crippen molar-refractivity contribution in [2.24, 2.45) is 4.99 Å². The van der Waals surface area contributed by atoms with E-state index in [0.29, 0.717) is 5.70 Å². The van der Waals surface area contributed by atoms with Gasteiger partial charge in [-0.25, -0.2) is 0 Å². The van der Waals surface area contributed by atoms with Crippen LogP contribution in [0, 0.1) is 0 Å². The third-order valence-corrected chi connectivity index (χ3v) is 1.21. The third-order valence-electron chi connectivity index (χ3n) is 1.21. The van der Waals surface area contributed by atoms with Gasteiger partial charge in [-0.3, -0.25) is 4.99 Å². The number of nitrogens with zero attached hydrogens (tertiary/aromatic N) is 1. The van der Waals surface area contributed by atoms with Crippen LogP contribution in [0.15, 0.2) is 54.2 Å². The summed E-state index contributed by atoms with van der Waals surface area (Å²) in [7, 11) is 0. The molecule has 0 radical (unpaired) electrons. The van der Waals surface area contributed by atoms with Gasteiger partial charge in [-0.2, -0.15) is 0 Å². The van der Waals surface area contributed by atoms with Crippen LogP contribution in [0.3, 0.4) is 0 Å². The highest BCUT2D eigenvalue weighted by molar-refractivity contribution is 5.72. The maximum absolute atomic E-state index is 3.99. The topological polar surface area (TPSA) is 12.4 Å². The minimum absolute atomic E-state index is 0.686. The van der Waals surface area contributed by atoms with E-state index in [4.69, 9.17) is 0 Å². The summed E-state index contributed by atoms with van der Waals surface area (Å²) in [6.45, 7) is 9.19. The van der Waals surface area contributed by atoms with Gasteiger partial charge in [-0.05, 0) is 25.5 Å². The fourth-order valence-corrected chi connectivity index (χ4v) is 0.546. The first-order chi connectivity index (χ1) is 5.81. The van der Waals surface area contributed by atoms with E-state index in [-0.39, 0.29) is 0 Å². The lowest BCUT2D eigenvalue weighted by atomic mass is 10.3. The number of allylic oxidation sites excluding steroid dienone is 5. The van der Waals surface area contributed by atoms with Crippen LogP contribution in [-0.4, -0.2) is 6.21 Å². The molecule has 0 aliphatic heterocycles. The molecular formula is C11H15N. The molecule has 0 aromatic carbocycles. The molecule has 0 N–H and O–H groups in total. The van der Waals surface area contributed by atoms with Gasteiger partial charge in [-0.1, -0.05) is 31.4 Å². The Morgan fingerprint density at radius 1 is 1.42 bits per heavy atom. The van der Waals surface area contributed by atoms with E-state index in [1.54, 1.807) is 12.3 Å². The van der Waals surface area contributed by atoms with Crippen molar-refractivity contribution in [3.63, 3.8) is 0 Å². The molecular weight excluding hydrogens is 146 g/mol. The Labute approximate surface area is 74.5 Å². The van der Waals surface area contributed by atoms with Crippen LogP contribution in [0.25, 0.3) is 0 Å². The number of hydrogen-bond acceptors (Lipinski definition) is 1. The van der Waals surface area contributed by atoms with Gasteiger partial charge in [0, 0.05) is 6.21 Å². The van der Waals surface area contributed by atoms with Crippen molar-refractivity contribution in [1.82, 2.24) is 0 Å². The van der Waals surface area contributed by atoms with Gasteiger partial charge in [0.15, 0.2) is 0 Å². The Morgan fingerprint density at radius 2 is 2.17 bits per heavy atom. The second kappa shape index (κ2) is 7.73. The monoisotopic (exact) mass is 161 g/mol. The molecule has 1 heteroatoms. The van der Waals surface area contributed by atoms with Crippen LogP contribution in [0.5, 0.6) is 0 Å². The summed E-state index contributed by atoms with van der Waals surface area (Å²) in [6, 6.07) is 0. The van der Waals surface area contributed by atoms with Crippen molar-refractivity contribution < 1.29 is 0 Å². The minimum atomic E-state index is 0.686. The quantitative estimate of drug-likeness (QED) is 0.333. The molecule has 0 saturated heterocycles. The zero-order chi connectivity index (χ0) is 9.23. The molecule has 0 fully saturated rings. The second-order valence-electron chi connectivity index (χ2n) is 2.21. The van der Waals surface area contributed by atoms with E-state index in [1.807, 2.05) is 25.2 Å². The summed E-state index contributed by atoms with van der Waals surface area (Å²) in [5, 5.41) is 0. The molecule has 0 amide bonds. The van der Waals surface area contributed by atoms with Crippen LogP contribution >= 0.6 is 0 Å². The van der Waals surface area contributed by atoms with Gasteiger partial charge in [0.25, 0.3) is 0 Å². The Bertz CT molecular complexity index is 219. The lowest BCUT2D eigenvalue weighted by Gasteiger charge is -1.83. The van der Waals surface area contributed by atoms with Crippen LogP contribution < -0.4 is 0 Å². The second-order valence-corrected chi connectivity index (χ2v) is 2.21. The molecule has 0 unspecified atom stereocenters. The van der Waals surface area contributed by atoms with Crippen molar-refractivity contribution in [3.8, 4) is 0 Å². The van der Waals surface area contributed by atoms with Gasteiger partial charge >= 0.3 is 0 Å². The maximum Gasteiger partial charge on any atom is 0.0551 e. The van der Waals surface area contributed by atoms with E-state index < -0.39 is 0 Å². The van der Waals surface area contributed by atoms with E-state index in [2.05, 4.69) is 24.2 Å². The molecule has 0 saturated carbocycles. The Hall–Kier alpha value is -1.37. The zero-order valence-corrected chi connectivity index (χ0v) is 7.53. The van der Waals surface area contributed by atoms with E-state index >= 15 is 0 Å². The van der Waals surface area contributed by atoms with Crippen LogP contribution in [0.1, 0.15) is 13.3 Å². The highest BCUT2D eigenvalue weighted by Gasteiger charge is 1.73. The average Bonchev–Trinajstić information content (AvgIpc) is 2.10. The fraction of sp³-hybridized carbons (Fsp3) is 0.182. The first-order valence-electron chi connectivity index (χ1n) is 3.93. The predicted molar refractivity (Wildman–Crippen MR) is 56.4 cm³/mol. The van der Waals surface area contributed by atoms with Gasteiger partial charge in [-0.15, -0.1) is 0 Å². The maximum atomic E-state index is 3.99. The molecule has 0 aromatic rings. The summed E-state index contributed by atoms with van der Waals surface area (Å²) in [5.74, 6) is 0. The predicted octanol–water partition coefficient (Wildman–Crippen LogP) is 3.28. The van der Waals surface area contributed by atoms with Gasteiger partial charge < -0.3 is 0 Å². The molecule has 0 bridgehead atoms. The summed E-state index contributed by atoms with van der Waals surface area (Å²) >= 11 is 0. The van der Waals surface area contributed by atoms with Crippen molar-refractivity contribution in [2.45, 2.75) is 13.3 Å². The SMILES string of the molecule is C=CC(=C)/N=C\C=C/C/C=C\C. The summed E-state index contributed by atoms with van der Waals surface area (Å²) < 4.78 is 0. The largest absolute Gasteiger partial charge is 0.258 e. The molecule has 0 aliphatic rings. The first-order valence-corrected chi connectivity index (χ1v) is 3.93. The Morgan fingerprint density at radius 3 is 2.75 bits per heavy atom. The molecule has 0 heterocycles. The minimum Gasteiger partial charge on any atom is -0.258 e. The zero-order valence-electron chi connectivity index (χ0n) is 7.53. The number of rotatable bonds is 5. The average molecular weight is 161 g/mol. The summed E-state index contributed by atoms with van der Waals surface area (Å²) in [4.78, 5) is 3.99. The van der Waals surface area contributed by atoms with Crippen LogP contribution in [0.4, 0.5) is 0 Å². The highest BCUT2D eigenvalue weighted by atomic mass is 14.7. The summed E-state index contributed by atoms with van der Waals surface area (Å²) in [5.41, 5.74) is 0.686. The normalized spacial score (nSPS) is 11.8. The summed E-state index contributed by atoms with van der Waals surface area (Å²) in [6.07, 6.45) is 12.3. The lowest BCUT2D eigenvalue weighted by Crippen LogP contribution is -1.68. The molecule has 0 atom stereocenters. The lowest BCUT2D eigenvalue weighted by molar-refractivity contribution is 1.38. The van der Waals surface area contributed by atoms with Crippen LogP contribution in [-0.2, 0) is 0 Å². The third kappa shape index (κ3) is 6.75.